The van der Waals surface area contributed by atoms with E-state index in [0.717, 1.165) is 36.8 Å². The topological polar surface area (TPSA) is 89.3 Å². The van der Waals surface area contributed by atoms with Crippen LogP contribution in [0.1, 0.15) is 49.7 Å². The number of carbonyl (C=O) groups is 1. The van der Waals surface area contributed by atoms with Crippen molar-refractivity contribution < 1.29 is 13.2 Å². The van der Waals surface area contributed by atoms with E-state index in [4.69, 9.17) is 5.73 Å². The maximum atomic E-state index is 12.5. The van der Waals surface area contributed by atoms with Crippen LogP contribution in [0.25, 0.3) is 0 Å². The molecule has 142 valence electrons. The van der Waals surface area contributed by atoms with Crippen molar-refractivity contribution in [3.05, 3.63) is 29.3 Å². The number of sulfone groups is 1. The molecule has 0 heterocycles. The van der Waals surface area contributed by atoms with Crippen molar-refractivity contribution in [1.82, 2.24) is 0 Å². The van der Waals surface area contributed by atoms with Crippen LogP contribution in [-0.4, -0.2) is 27.1 Å². The number of amides is 1. The summed E-state index contributed by atoms with van der Waals surface area (Å²) in [7, 11) is -3.11. The van der Waals surface area contributed by atoms with Crippen LogP contribution >= 0.6 is 12.4 Å². The first-order valence-corrected chi connectivity index (χ1v) is 10.6. The molecule has 0 bridgehead atoms. The molecule has 2 rings (SSSR count). The van der Waals surface area contributed by atoms with E-state index in [1.54, 1.807) is 12.1 Å². The minimum Gasteiger partial charge on any atom is -0.330 e. The highest BCUT2D eigenvalue weighted by atomic mass is 35.5. The summed E-state index contributed by atoms with van der Waals surface area (Å²) in [5.74, 6) is -0.0584. The first-order chi connectivity index (χ1) is 11.2. The molecule has 0 aromatic heterocycles. The van der Waals surface area contributed by atoms with Crippen molar-refractivity contribution in [2.75, 3.05) is 18.1 Å². The number of carbonyl (C=O) groups excluding carboxylic acids is 1. The number of hydrogen-bond acceptors (Lipinski definition) is 4. The lowest BCUT2D eigenvalue weighted by molar-refractivity contribution is -0.118. The van der Waals surface area contributed by atoms with Crippen LogP contribution in [0.15, 0.2) is 18.2 Å². The van der Waals surface area contributed by atoms with Crippen molar-refractivity contribution in [1.29, 1.82) is 0 Å². The minimum atomic E-state index is -3.11. The maximum absolute atomic E-state index is 12.5. The molecule has 0 atom stereocenters. The van der Waals surface area contributed by atoms with Gasteiger partial charge in [-0.15, -0.1) is 12.4 Å². The van der Waals surface area contributed by atoms with Crippen molar-refractivity contribution in [3.63, 3.8) is 0 Å². The minimum absolute atomic E-state index is 0. The Morgan fingerprint density at radius 3 is 2.44 bits per heavy atom. The van der Waals surface area contributed by atoms with Gasteiger partial charge in [0.15, 0.2) is 9.84 Å². The zero-order valence-corrected chi connectivity index (χ0v) is 16.6. The van der Waals surface area contributed by atoms with Gasteiger partial charge in [0, 0.05) is 18.4 Å². The number of nitrogens with two attached hydrogens (primary N) is 1. The number of halogens is 1. The Bertz CT molecular complexity index is 698. The van der Waals surface area contributed by atoms with E-state index in [-0.39, 0.29) is 29.5 Å². The van der Waals surface area contributed by atoms with Crippen molar-refractivity contribution in [2.24, 2.45) is 11.1 Å². The van der Waals surface area contributed by atoms with Crippen LogP contribution in [-0.2, 0) is 20.4 Å². The number of benzene rings is 1. The third kappa shape index (κ3) is 6.28. The highest BCUT2D eigenvalue weighted by Gasteiger charge is 2.33. The van der Waals surface area contributed by atoms with Crippen molar-refractivity contribution in [3.8, 4) is 0 Å². The molecule has 25 heavy (non-hydrogen) atoms. The van der Waals surface area contributed by atoms with E-state index in [2.05, 4.69) is 5.32 Å². The molecule has 1 amide bonds. The van der Waals surface area contributed by atoms with Gasteiger partial charge in [0.25, 0.3) is 0 Å². The molecule has 1 fully saturated rings. The third-order valence-corrected chi connectivity index (χ3v) is 5.86. The smallest absolute Gasteiger partial charge is 0.224 e. The Hall–Kier alpha value is -1.11. The number of anilines is 1. The fraction of sp³-hybridized carbons (Fsp3) is 0.611. The first-order valence-electron chi connectivity index (χ1n) is 8.51. The largest absolute Gasteiger partial charge is 0.330 e. The molecule has 1 aromatic carbocycles. The van der Waals surface area contributed by atoms with E-state index in [1.165, 1.54) is 12.7 Å². The van der Waals surface area contributed by atoms with E-state index < -0.39 is 9.84 Å². The van der Waals surface area contributed by atoms with E-state index >= 15 is 0 Å². The Labute approximate surface area is 157 Å². The fourth-order valence-electron chi connectivity index (χ4n) is 3.55. The summed E-state index contributed by atoms with van der Waals surface area (Å²) >= 11 is 0. The van der Waals surface area contributed by atoms with Gasteiger partial charge in [0.2, 0.25) is 5.91 Å². The zero-order valence-electron chi connectivity index (χ0n) is 15.0. The fourth-order valence-corrected chi connectivity index (χ4v) is 4.43. The average molecular weight is 389 g/mol. The van der Waals surface area contributed by atoms with E-state index in [9.17, 15) is 13.2 Å². The molecule has 0 saturated heterocycles. The standard InChI is InChI=1S/C18H28N2O3S.ClH/c1-14-15(12-24(2,22)23)7-6-8-16(14)20-17(21)11-18(13-19)9-4-3-5-10-18;/h6-8H,3-5,9-13,19H2,1-2H3,(H,20,21);1H. The van der Waals surface area contributed by atoms with Gasteiger partial charge in [-0.05, 0) is 48.9 Å². The second kappa shape index (κ2) is 9.01. The highest BCUT2D eigenvalue weighted by Crippen LogP contribution is 2.38. The van der Waals surface area contributed by atoms with Crippen molar-refractivity contribution >= 4 is 33.8 Å². The van der Waals surface area contributed by atoms with Gasteiger partial charge in [-0.3, -0.25) is 4.79 Å². The molecule has 1 aliphatic rings. The molecule has 1 aliphatic carbocycles. The molecule has 0 aliphatic heterocycles. The molecule has 3 N–H and O–H groups in total. The maximum Gasteiger partial charge on any atom is 0.224 e. The van der Waals surface area contributed by atoms with Gasteiger partial charge in [-0.25, -0.2) is 8.42 Å². The lowest BCUT2D eigenvalue weighted by Gasteiger charge is -2.35. The average Bonchev–Trinajstić information content (AvgIpc) is 2.51. The van der Waals surface area contributed by atoms with Crippen molar-refractivity contribution in [2.45, 2.75) is 51.2 Å². The number of hydrogen-bond donors (Lipinski definition) is 2. The second-order valence-electron chi connectivity index (χ2n) is 7.15. The van der Waals surface area contributed by atoms with E-state index in [0.29, 0.717) is 18.7 Å². The number of rotatable bonds is 6. The Kier molecular flexibility index (Phi) is 7.90. The molecule has 1 saturated carbocycles. The van der Waals surface area contributed by atoms with Crippen LogP contribution in [0, 0.1) is 12.3 Å². The summed E-state index contributed by atoms with van der Waals surface area (Å²) in [6, 6.07) is 5.38. The lowest BCUT2D eigenvalue weighted by Crippen LogP contribution is -2.36. The molecule has 0 spiro atoms. The third-order valence-electron chi connectivity index (χ3n) is 5.02. The summed E-state index contributed by atoms with van der Waals surface area (Å²) in [4.78, 5) is 12.5. The predicted octanol–water partition coefficient (Wildman–Crippen LogP) is 3.20. The van der Waals surface area contributed by atoms with Gasteiger partial charge < -0.3 is 11.1 Å². The Morgan fingerprint density at radius 1 is 1.24 bits per heavy atom. The molecular formula is C18H29ClN2O3S. The predicted molar refractivity (Wildman–Crippen MR) is 105 cm³/mol. The lowest BCUT2D eigenvalue weighted by atomic mass is 9.71. The SMILES string of the molecule is Cc1c(CS(C)(=O)=O)cccc1NC(=O)CC1(CN)CCCCC1.Cl. The zero-order chi connectivity index (χ0) is 17.8. The second-order valence-corrected chi connectivity index (χ2v) is 9.29. The van der Waals surface area contributed by atoms with Crippen LogP contribution in [0.2, 0.25) is 0 Å². The van der Waals surface area contributed by atoms with Gasteiger partial charge in [0.05, 0.1) is 5.75 Å². The summed E-state index contributed by atoms with van der Waals surface area (Å²) in [5.41, 5.74) is 8.09. The molecule has 0 radical (unpaired) electrons. The monoisotopic (exact) mass is 388 g/mol. The first kappa shape index (κ1) is 21.9. The molecule has 7 heteroatoms. The summed E-state index contributed by atoms with van der Waals surface area (Å²) in [6.07, 6.45) is 7.13. The molecule has 1 aromatic rings. The summed E-state index contributed by atoms with van der Waals surface area (Å²) in [6.45, 7) is 2.38. The van der Waals surface area contributed by atoms with Crippen LogP contribution < -0.4 is 11.1 Å². The summed E-state index contributed by atoms with van der Waals surface area (Å²) < 4.78 is 23.1. The van der Waals surface area contributed by atoms with Crippen LogP contribution in [0.3, 0.4) is 0 Å². The summed E-state index contributed by atoms with van der Waals surface area (Å²) in [5, 5.41) is 2.95. The quantitative estimate of drug-likeness (QED) is 0.783. The molecular weight excluding hydrogens is 360 g/mol. The van der Waals surface area contributed by atoms with Gasteiger partial charge >= 0.3 is 0 Å². The normalized spacial score (nSPS) is 16.8. The molecule has 0 unspecified atom stereocenters. The van der Waals surface area contributed by atoms with E-state index in [1.807, 2.05) is 13.0 Å². The van der Waals surface area contributed by atoms with Crippen LogP contribution in [0.5, 0.6) is 0 Å². The number of nitrogens with one attached hydrogen (secondary N) is 1. The van der Waals surface area contributed by atoms with Crippen LogP contribution in [0.4, 0.5) is 5.69 Å². The Balaban J connectivity index is 0.00000312. The molecule has 5 nitrogen and oxygen atoms in total. The van der Waals surface area contributed by atoms with Gasteiger partial charge in [-0.2, -0.15) is 0 Å². The Morgan fingerprint density at radius 2 is 1.88 bits per heavy atom. The van der Waals surface area contributed by atoms with Gasteiger partial charge in [0.1, 0.15) is 0 Å². The van der Waals surface area contributed by atoms with Gasteiger partial charge in [-0.1, -0.05) is 31.4 Å². The highest BCUT2D eigenvalue weighted by molar-refractivity contribution is 7.89.